The Kier molecular flexibility index (Phi) is 4.15. The first-order valence-corrected chi connectivity index (χ1v) is 8.94. The summed E-state index contributed by atoms with van der Waals surface area (Å²) in [6.07, 6.45) is 0. The number of hydrogen-bond donors (Lipinski definition) is 3. The molecular formula is C20H18N4O6. The first-order chi connectivity index (χ1) is 14.2. The Morgan fingerprint density at radius 3 is 2.63 bits per heavy atom. The number of carbonyl (C=O) groups is 3. The standard InChI is InChI=1S/C20H18N4O6/c1-9-7-12-14(17(26)23-9)20(15(16(22)30-12)18(27)29-2)10-5-3-4-6-11(10)24(19(20)28)8-13(21)25/h3-7H,8,22H2,1-2H3,(H2,21,25)(H,23,26). The number of esters is 1. The average molecular weight is 410 g/mol. The van der Waals surface area contributed by atoms with Crippen molar-refractivity contribution in [2.24, 2.45) is 11.5 Å². The number of methoxy groups -OCH3 is 1. The van der Waals surface area contributed by atoms with Crippen LogP contribution in [-0.2, 0) is 24.5 Å². The molecule has 0 aliphatic carbocycles. The fraction of sp³-hybridized carbons (Fsp3) is 0.200. The van der Waals surface area contributed by atoms with Crippen molar-refractivity contribution in [1.82, 2.24) is 4.98 Å². The van der Waals surface area contributed by atoms with Crippen LogP contribution >= 0.6 is 0 Å². The first kappa shape index (κ1) is 19.2. The fourth-order valence-corrected chi connectivity index (χ4v) is 4.18. The number of amides is 2. The Morgan fingerprint density at radius 2 is 1.97 bits per heavy atom. The van der Waals surface area contributed by atoms with Crippen LogP contribution in [0.25, 0.3) is 0 Å². The molecule has 5 N–H and O–H groups in total. The van der Waals surface area contributed by atoms with Crippen molar-refractivity contribution in [1.29, 1.82) is 0 Å². The molecule has 1 spiro atoms. The minimum atomic E-state index is -1.96. The number of carbonyl (C=O) groups excluding carboxylic acids is 3. The summed E-state index contributed by atoms with van der Waals surface area (Å²) in [5.74, 6) is -2.78. The predicted molar refractivity (Wildman–Crippen MR) is 104 cm³/mol. The zero-order valence-corrected chi connectivity index (χ0v) is 16.1. The van der Waals surface area contributed by atoms with E-state index in [9.17, 15) is 19.2 Å². The minimum absolute atomic E-state index is 0.0329. The maximum Gasteiger partial charge on any atom is 0.340 e. The second-order valence-corrected chi connectivity index (χ2v) is 6.98. The molecule has 0 fully saturated rings. The van der Waals surface area contributed by atoms with Crippen LogP contribution in [0.5, 0.6) is 5.75 Å². The second-order valence-electron chi connectivity index (χ2n) is 6.98. The fourth-order valence-electron chi connectivity index (χ4n) is 4.18. The predicted octanol–water partition coefficient (Wildman–Crippen LogP) is -0.463. The van der Waals surface area contributed by atoms with Gasteiger partial charge in [0.15, 0.2) is 0 Å². The van der Waals surface area contributed by atoms with Crippen molar-refractivity contribution in [2.45, 2.75) is 12.3 Å². The van der Waals surface area contributed by atoms with E-state index in [4.69, 9.17) is 20.9 Å². The average Bonchev–Trinajstić information content (AvgIpc) is 2.90. The lowest BCUT2D eigenvalue weighted by Gasteiger charge is -2.35. The number of nitrogens with two attached hydrogens (primary N) is 2. The van der Waals surface area contributed by atoms with E-state index in [1.807, 2.05) is 0 Å². The molecule has 1 aromatic heterocycles. The minimum Gasteiger partial charge on any atom is -0.465 e. The van der Waals surface area contributed by atoms with Crippen molar-refractivity contribution in [3.63, 3.8) is 0 Å². The van der Waals surface area contributed by atoms with Gasteiger partial charge in [-0.15, -0.1) is 0 Å². The summed E-state index contributed by atoms with van der Waals surface area (Å²) in [5, 5.41) is 0. The number of H-pyrrole nitrogens is 1. The monoisotopic (exact) mass is 410 g/mol. The molecule has 1 aromatic carbocycles. The summed E-state index contributed by atoms with van der Waals surface area (Å²) in [4.78, 5) is 55.2. The van der Waals surface area contributed by atoms with Gasteiger partial charge in [-0.2, -0.15) is 0 Å². The van der Waals surface area contributed by atoms with E-state index in [0.717, 1.165) is 12.0 Å². The number of nitrogens with zero attached hydrogens (tertiary/aromatic N) is 1. The molecule has 2 aromatic rings. The molecule has 0 saturated carbocycles. The lowest BCUT2D eigenvalue weighted by molar-refractivity contribution is -0.138. The third-order valence-corrected chi connectivity index (χ3v) is 5.22. The van der Waals surface area contributed by atoms with Gasteiger partial charge >= 0.3 is 5.97 Å². The van der Waals surface area contributed by atoms with Crippen molar-refractivity contribution in [3.8, 4) is 5.75 Å². The third-order valence-electron chi connectivity index (χ3n) is 5.22. The van der Waals surface area contributed by atoms with Crippen LogP contribution < -0.4 is 26.7 Å². The number of ether oxygens (including phenoxy) is 2. The number of nitrogens with one attached hydrogen (secondary N) is 1. The molecule has 3 heterocycles. The number of primary amides is 1. The smallest absolute Gasteiger partial charge is 0.340 e. The van der Waals surface area contributed by atoms with Crippen LogP contribution in [0.15, 0.2) is 46.6 Å². The van der Waals surface area contributed by atoms with Crippen LogP contribution in [0.3, 0.4) is 0 Å². The number of benzene rings is 1. The van der Waals surface area contributed by atoms with Crippen LogP contribution in [0.2, 0.25) is 0 Å². The van der Waals surface area contributed by atoms with Gasteiger partial charge in [0.2, 0.25) is 17.7 Å². The zero-order valence-electron chi connectivity index (χ0n) is 16.1. The van der Waals surface area contributed by atoms with Crippen LogP contribution in [0.4, 0.5) is 5.69 Å². The molecular weight excluding hydrogens is 392 g/mol. The van der Waals surface area contributed by atoms with Crippen molar-refractivity contribution in [2.75, 3.05) is 18.6 Å². The summed E-state index contributed by atoms with van der Waals surface area (Å²) < 4.78 is 10.4. The van der Waals surface area contributed by atoms with Crippen molar-refractivity contribution in [3.05, 3.63) is 69.0 Å². The largest absolute Gasteiger partial charge is 0.465 e. The first-order valence-electron chi connectivity index (χ1n) is 8.94. The number of pyridine rings is 1. The molecule has 1 atom stereocenters. The molecule has 154 valence electrons. The Hall–Kier alpha value is -4.08. The molecule has 2 amide bonds. The zero-order chi connectivity index (χ0) is 21.8. The van der Waals surface area contributed by atoms with E-state index in [2.05, 4.69) is 4.98 Å². The number of aryl methyl sites for hydroxylation is 1. The van der Waals surface area contributed by atoms with Crippen molar-refractivity contribution >= 4 is 23.5 Å². The molecule has 0 bridgehead atoms. The van der Waals surface area contributed by atoms with E-state index in [1.165, 1.54) is 6.07 Å². The lowest BCUT2D eigenvalue weighted by Crippen LogP contribution is -2.52. The van der Waals surface area contributed by atoms with E-state index in [0.29, 0.717) is 16.9 Å². The maximum absolute atomic E-state index is 13.9. The van der Waals surface area contributed by atoms with Gasteiger partial charge in [-0.05, 0) is 13.0 Å². The maximum atomic E-state index is 13.9. The highest BCUT2D eigenvalue weighted by Crippen LogP contribution is 2.54. The van der Waals surface area contributed by atoms with Gasteiger partial charge in [0.1, 0.15) is 23.3 Å². The highest BCUT2D eigenvalue weighted by atomic mass is 16.5. The summed E-state index contributed by atoms with van der Waals surface area (Å²) >= 11 is 0. The summed E-state index contributed by atoms with van der Waals surface area (Å²) in [6, 6.07) is 7.98. The summed E-state index contributed by atoms with van der Waals surface area (Å²) in [6.45, 7) is 1.18. The molecule has 2 aliphatic rings. The van der Waals surface area contributed by atoms with Gasteiger partial charge < -0.3 is 30.8 Å². The van der Waals surface area contributed by atoms with Crippen LogP contribution in [0, 0.1) is 6.92 Å². The SMILES string of the molecule is COC(=O)C1=C(N)Oc2cc(C)[nH]c(=O)c2C12C(=O)N(CC(N)=O)c1ccccc12. The molecule has 4 rings (SSSR count). The number of fused-ring (bicyclic) bond motifs is 4. The highest BCUT2D eigenvalue weighted by molar-refractivity contribution is 6.19. The quantitative estimate of drug-likeness (QED) is 0.578. The number of aromatic amines is 1. The molecule has 1 unspecified atom stereocenters. The van der Waals surface area contributed by atoms with Gasteiger partial charge in [-0.1, -0.05) is 18.2 Å². The Bertz CT molecular complexity index is 1210. The molecule has 10 nitrogen and oxygen atoms in total. The van der Waals surface area contributed by atoms with Crippen molar-refractivity contribution < 1.29 is 23.9 Å². The molecule has 0 saturated heterocycles. The number of para-hydroxylation sites is 1. The van der Waals surface area contributed by atoms with Gasteiger partial charge in [0.25, 0.3) is 5.56 Å². The van der Waals surface area contributed by atoms with E-state index in [-0.39, 0.29) is 22.8 Å². The highest BCUT2D eigenvalue weighted by Gasteiger charge is 2.62. The van der Waals surface area contributed by atoms with E-state index >= 15 is 0 Å². The lowest BCUT2D eigenvalue weighted by atomic mass is 9.68. The Balaban J connectivity index is 2.18. The van der Waals surface area contributed by atoms with Crippen LogP contribution in [-0.4, -0.2) is 36.4 Å². The molecule has 10 heteroatoms. The summed E-state index contributed by atoms with van der Waals surface area (Å²) in [7, 11) is 1.12. The van der Waals surface area contributed by atoms with E-state index < -0.39 is 35.3 Å². The third kappa shape index (κ3) is 2.36. The van der Waals surface area contributed by atoms with Gasteiger partial charge in [-0.3, -0.25) is 14.4 Å². The second kappa shape index (κ2) is 6.48. The number of rotatable bonds is 3. The number of hydrogen-bond acceptors (Lipinski definition) is 7. The Labute approximate surface area is 170 Å². The molecule has 2 aliphatic heterocycles. The topological polar surface area (TPSA) is 158 Å². The number of anilines is 1. The normalized spacial score (nSPS) is 19.4. The number of aromatic nitrogens is 1. The van der Waals surface area contributed by atoms with Gasteiger partial charge in [0, 0.05) is 23.0 Å². The summed E-state index contributed by atoms with van der Waals surface area (Å²) in [5.41, 5.74) is 9.45. The van der Waals surface area contributed by atoms with Gasteiger partial charge in [0.05, 0.1) is 12.7 Å². The molecule has 0 radical (unpaired) electrons. The molecule has 30 heavy (non-hydrogen) atoms. The Morgan fingerprint density at radius 1 is 1.27 bits per heavy atom. The van der Waals surface area contributed by atoms with Gasteiger partial charge in [-0.25, -0.2) is 4.79 Å². The van der Waals surface area contributed by atoms with Crippen LogP contribution in [0.1, 0.15) is 16.8 Å². The van der Waals surface area contributed by atoms with E-state index in [1.54, 1.807) is 31.2 Å².